The highest BCUT2D eigenvalue weighted by atomic mass is 32.2. The lowest BCUT2D eigenvalue weighted by molar-refractivity contribution is 0.355. The van der Waals surface area contributed by atoms with Crippen molar-refractivity contribution in [2.75, 3.05) is 27.3 Å². The Bertz CT molecular complexity index is 1060. The number of ether oxygens (including phenoxy) is 2. The Kier molecular flexibility index (Phi) is 5.38. The third-order valence-corrected chi connectivity index (χ3v) is 6.50. The molecule has 0 unspecified atom stereocenters. The SMILES string of the molecule is CCN(CC)S(=O)(=O)c1ccc2nc(-c3ccc(OC)c(OC)c3)[nH]c2c1. The van der Waals surface area contributed by atoms with Gasteiger partial charge in [-0.3, -0.25) is 0 Å². The topological polar surface area (TPSA) is 84.5 Å². The maximum absolute atomic E-state index is 12.7. The van der Waals surface area contributed by atoms with Crippen molar-refractivity contribution in [1.82, 2.24) is 14.3 Å². The lowest BCUT2D eigenvalue weighted by atomic mass is 10.2. The Morgan fingerprint density at radius 3 is 2.33 bits per heavy atom. The number of methoxy groups -OCH3 is 2. The lowest BCUT2D eigenvalue weighted by Crippen LogP contribution is -2.30. The van der Waals surface area contributed by atoms with E-state index in [4.69, 9.17) is 9.47 Å². The molecule has 0 spiro atoms. The molecule has 0 radical (unpaired) electrons. The quantitative estimate of drug-likeness (QED) is 0.670. The second-order valence-electron chi connectivity index (χ2n) is 5.92. The van der Waals surface area contributed by atoms with Crippen molar-refractivity contribution in [2.45, 2.75) is 18.7 Å². The molecule has 1 N–H and O–H groups in total. The summed E-state index contributed by atoms with van der Waals surface area (Å²) in [5, 5.41) is 0. The van der Waals surface area contributed by atoms with Gasteiger partial charge in [-0.15, -0.1) is 0 Å². The summed E-state index contributed by atoms with van der Waals surface area (Å²) < 4.78 is 37.5. The van der Waals surface area contributed by atoms with Crippen LogP contribution in [0.15, 0.2) is 41.3 Å². The molecular formula is C19H23N3O4S. The molecule has 0 aliphatic carbocycles. The van der Waals surface area contributed by atoms with Crippen LogP contribution in [0, 0.1) is 0 Å². The highest BCUT2D eigenvalue weighted by Crippen LogP contribution is 2.32. The van der Waals surface area contributed by atoms with E-state index in [1.165, 1.54) is 4.31 Å². The molecule has 1 heterocycles. The van der Waals surface area contributed by atoms with E-state index in [-0.39, 0.29) is 4.90 Å². The largest absolute Gasteiger partial charge is 0.493 e. The zero-order valence-electron chi connectivity index (χ0n) is 15.8. The average molecular weight is 389 g/mol. The minimum Gasteiger partial charge on any atom is -0.493 e. The normalized spacial score (nSPS) is 11.9. The van der Waals surface area contributed by atoms with Gasteiger partial charge in [0.25, 0.3) is 0 Å². The molecule has 3 rings (SSSR count). The predicted octanol–water partition coefficient (Wildman–Crippen LogP) is 3.28. The number of aromatic nitrogens is 2. The molecule has 27 heavy (non-hydrogen) atoms. The zero-order chi connectivity index (χ0) is 19.6. The maximum atomic E-state index is 12.7. The monoisotopic (exact) mass is 389 g/mol. The lowest BCUT2D eigenvalue weighted by Gasteiger charge is -2.18. The summed E-state index contributed by atoms with van der Waals surface area (Å²) in [6, 6.07) is 10.4. The van der Waals surface area contributed by atoms with Gasteiger partial charge in [-0.2, -0.15) is 4.31 Å². The van der Waals surface area contributed by atoms with E-state index < -0.39 is 10.0 Å². The van der Waals surface area contributed by atoms with Gasteiger partial charge in [0.2, 0.25) is 10.0 Å². The molecule has 0 saturated carbocycles. The fraction of sp³-hybridized carbons (Fsp3) is 0.316. The standard InChI is InChI=1S/C19H23N3O4S/c1-5-22(6-2)27(23,24)14-8-9-15-16(12-14)21-19(20-15)13-7-10-17(25-3)18(11-13)26-4/h7-12H,5-6H2,1-4H3,(H,20,21). The van der Waals surface area contributed by atoms with Gasteiger partial charge in [0.05, 0.1) is 30.1 Å². The molecule has 0 bridgehead atoms. The van der Waals surface area contributed by atoms with E-state index >= 15 is 0 Å². The van der Waals surface area contributed by atoms with Crippen molar-refractivity contribution in [2.24, 2.45) is 0 Å². The van der Waals surface area contributed by atoms with Crippen molar-refractivity contribution in [1.29, 1.82) is 0 Å². The first kappa shape index (κ1) is 19.2. The Labute approximate surface area is 159 Å². The van der Waals surface area contributed by atoms with Gasteiger partial charge in [0.15, 0.2) is 11.5 Å². The molecule has 0 saturated heterocycles. The summed E-state index contributed by atoms with van der Waals surface area (Å²) in [4.78, 5) is 8.01. The third-order valence-electron chi connectivity index (χ3n) is 4.45. The van der Waals surface area contributed by atoms with Crippen LogP contribution in [0.1, 0.15) is 13.8 Å². The molecule has 0 aliphatic heterocycles. The fourth-order valence-corrected chi connectivity index (χ4v) is 4.47. The number of hydrogen-bond donors (Lipinski definition) is 1. The minimum absolute atomic E-state index is 0.251. The van der Waals surface area contributed by atoms with Crippen molar-refractivity contribution in [3.05, 3.63) is 36.4 Å². The maximum Gasteiger partial charge on any atom is 0.243 e. The number of imidazole rings is 1. The number of rotatable bonds is 7. The molecule has 0 fully saturated rings. The average Bonchev–Trinajstić information content (AvgIpc) is 3.11. The van der Waals surface area contributed by atoms with Gasteiger partial charge >= 0.3 is 0 Å². The van der Waals surface area contributed by atoms with Crippen molar-refractivity contribution < 1.29 is 17.9 Å². The minimum atomic E-state index is -3.52. The van der Waals surface area contributed by atoms with E-state index in [9.17, 15) is 8.42 Å². The van der Waals surface area contributed by atoms with Crippen LogP contribution in [0.2, 0.25) is 0 Å². The Morgan fingerprint density at radius 1 is 1.00 bits per heavy atom. The summed E-state index contributed by atoms with van der Waals surface area (Å²) >= 11 is 0. The molecule has 1 aromatic heterocycles. The number of sulfonamides is 1. The molecule has 0 aliphatic rings. The number of H-pyrrole nitrogens is 1. The fourth-order valence-electron chi connectivity index (χ4n) is 2.98. The van der Waals surface area contributed by atoms with Crippen molar-refractivity contribution >= 4 is 21.1 Å². The van der Waals surface area contributed by atoms with Crippen LogP contribution < -0.4 is 9.47 Å². The zero-order valence-corrected chi connectivity index (χ0v) is 16.6. The van der Waals surface area contributed by atoms with Gasteiger partial charge in [-0.25, -0.2) is 13.4 Å². The van der Waals surface area contributed by atoms with E-state index in [2.05, 4.69) is 9.97 Å². The molecule has 7 nitrogen and oxygen atoms in total. The molecule has 144 valence electrons. The summed E-state index contributed by atoms with van der Waals surface area (Å²) in [6.45, 7) is 4.50. The number of aromatic amines is 1. The van der Waals surface area contributed by atoms with Gasteiger partial charge in [0, 0.05) is 18.7 Å². The van der Waals surface area contributed by atoms with Crippen molar-refractivity contribution in [3.8, 4) is 22.9 Å². The number of nitrogens with zero attached hydrogens (tertiary/aromatic N) is 2. The van der Waals surface area contributed by atoms with Gasteiger partial charge in [-0.05, 0) is 36.4 Å². The van der Waals surface area contributed by atoms with E-state index in [1.807, 2.05) is 26.0 Å². The van der Waals surface area contributed by atoms with Crippen LogP contribution in [-0.4, -0.2) is 50.0 Å². The summed E-state index contributed by atoms with van der Waals surface area (Å²) in [5.74, 6) is 1.86. The summed E-state index contributed by atoms with van der Waals surface area (Å²) in [7, 11) is -0.365. The highest BCUT2D eigenvalue weighted by Gasteiger charge is 2.22. The molecule has 0 atom stereocenters. The number of benzene rings is 2. The molecule has 3 aromatic rings. The Morgan fingerprint density at radius 2 is 1.70 bits per heavy atom. The summed E-state index contributed by atoms with van der Waals surface area (Å²) in [6.07, 6.45) is 0. The van der Waals surface area contributed by atoms with E-state index in [1.54, 1.807) is 38.5 Å². The van der Waals surface area contributed by atoms with E-state index in [0.717, 1.165) is 5.56 Å². The first-order chi connectivity index (χ1) is 12.9. The molecule has 0 amide bonds. The highest BCUT2D eigenvalue weighted by molar-refractivity contribution is 7.89. The van der Waals surface area contributed by atoms with Crippen LogP contribution in [-0.2, 0) is 10.0 Å². The second kappa shape index (κ2) is 7.58. The smallest absolute Gasteiger partial charge is 0.243 e. The van der Waals surface area contributed by atoms with Crippen LogP contribution in [0.25, 0.3) is 22.4 Å². The summed E-state index contributed by atoms with van der Waals surface area (Å²) in [5.41, 5.74) is 2.17. The van der Waals surface area contributed by atoms with Gasteiger partial charge < -0.3 is 14.5 Å². The Hall–Kier alpha value is -2.58. The van der Waals surface area contributed by atoms with Crippen LogP contribution in [0.4, 0.5) is 0 Å². The van der Waals surface area contributed by atoms with Crippen LogP contribution in [0.3, 0.4) is 0 Å². The molecular weight excluding hydrogens is 366 g/mol. The second-order valence-corrected chi connectivity index (χ2v) is 7.86. The first-order valence-electron chi connectivity index (χ1n) is 8.66. The Balaban J connectivity index is 2.04. The van der Waals surface area contributed by atoms with Gasteiger partial charge in [0.1, 0.15) is 5.82 Å². The van der Waals surface area contributed by atoms with Gasteiger partial charge in [-0.1, -0.05) is 13.8 Å². The van der Waals surface area contributed by atoms with Crippen LogP contribution in [0.5, 0.6) is 11.5 Å². The number of nitrogens with one attached hydrogen (secondary N) is 1. The number of fused-ring (bicyclic) bond motifs is 1. The molecule has 2 aromatic carbocycles. The van der Waals surface area contributed by atoms with Crippen molar-refractivity contribution in [3.63, 3.8) is 0 Å². The third kappa shape index (κ3) is 3.50. The first-order valence-corrected chi connectivity index (χ1v) is 10.1. The predicted molar refractivity (Wildman–Crippen MR) is 105 cm³/mol. The van der Waals surface area contributed by atoms with Crippen LogP contribution >= 0.6 is 0 Å². The number of hydrogen-bond acceptors (Lipinski definition) is 5. The molecule has 8 heteroatoms. The van der Waals surface area contributed by atoms with E-state index in [0.29, 0.717) is 41.4 Å².